The highest BCUT2D eigenvalue weighted by Crippen LogP contribution is 2.31. The van der Waals surface area contributed by atoms with E-state index in [9.17, 15) is 22.4 Å². The van der Waals surface area contributed by atoms with Crippen LogP contribution < -0.4 is 14.8 Å². The van der Waals surface area contributed by atoms with Crippen LogP contribution in [0.3, 0.4) is 0 Å². The summed E-state index contributed by atoms with van der Waals surface area (Å²) in [6.07, 6.45) is 6.38. The quantitative estimate of drug-likeness (QED) is 0.396. The van der Waals surface area contributed by atoms with Crippen molar-refractivity contribution in [3.05, 3.63) is 41.1 Å². The lowest BCUT2D eigenvalue weighted by molar-refractivity contribution is -0.136. The Labute approximate surface area is 182 Å². The van der Waals surface area contributed by atoms with Crippen LogP contribution >= 0.6 is 0 Å². The summed E-state index contributed by atoms with van der Waals surface area (Å²) >= 11 is 0. The van der Waals surface area contributed by atoms with Crippen LogP contribution in [0.5, 0.6) is 5.75 Å². The number of amides is 2. The summed E-state index contributed by atoms with van der Waals surface area (Å²) in [4.78, 5) is 22.9. The van der Waals surface area contributed by atoms with Gasteiger partial charge in [-0.1, -0.05) is 12.1 Å². The van der Waals surface area contributed by atoms with Crippen molar-refractivity contribution >= 4 is 21.8 Å². The van der Waals surface area contributed by atoms with Crippen LogP contribution in [0.15, 0.2) is 29.7 Å². The first-order chi connectivity index (χ1) is 14.7. The number of hydrogen-bond donors (Lipinski definition) is 2. The zero-order valence-electron chi connectivity index (χ0n) is 17.6. The zero-order chi connectivity index (χ0) is 22.4. The molecule has 3 rings (SSSR count). The van der Waals surface area contributed by atoms with E-state index in [2.05, 4.69) is 10.0 Å². The fourth-order valence-corrected chi connectivity index (χ4v) is 4.53. The number of ether oxygens (including phenoxy) is 1. The van der Waals surface area contributed by atoms with Gasteiger partial charge in [-0.05, 0) is 69.1 Å². The maximum absolute atomic E-state index is 13.9. The van der Waals surface area contributed by atoms with Crippen molar-refractivity contribution in [1.29, 1.82) is 0 Å². The van der Waals surface area contributed by atoms with Crippen LogP contribution in [0.1, 0.15) is 63.5 Å². The van der Waals surface area contributed by atoms with Gasteiger partial charge in [-0.3, -0.25) is 14.9 Å². The van der Waals surface area contributed by atoms with Crippen LogP contribution in [0.2, 0.25) is 0 Å². The van der Waals surface area contributed by atoms with E-state index in [1.165, 1.54) is 18.2 Å². The molecule has 1 aromatic carbocycles. The molecule has 1 heterocycles. The molecular formula is C22H29FN2O5S. The second-order valence-electron chi connectivity index (χ2n) is 8.28. The number of sulfonamides is 1. The Balaban J connectivity index is 1.46. The maximum atomic E-state index is 13.9. The summed E-state index contributed by atoms with van der Waals surface area (Å²) in [5.41, 5.74) is 0.613. The van der Waals surface area contributed by atoms with Crippen molar-refractivity contribution in [2.75, 3.05) is 6.61 Å². The average Bonchev–Trinajstić information content (AvgIpc) is 3.52. The summed E-state index contributed by atoms with van der Waals surface area (Å²) < 4.78 is 46.7. The maximum Gasteiger partial charge on any atom is 0.233 e. The molecule has 2 N–H and O–H groups in total. The number of carbonyl (C=O) groups is 2. The van der Waals surface area contributed by atoms with Gasteiger partial charge in [0.25, 0.3) is 0 Å². The Morgan fingerprint density at radius 2 is 2.06 bits per heavy atom. The topological polar surface area (TPSA) is 102 Å². The van der Waals surface area contributed by atoms with Gasteiger partial charge in [-0.25, -0.2) is 17.5 Å². The molecule has 0 aromatic heterocycles. The van der Waals surface area contributed by atoms with Crippen molar-refractivity contribution < 1.29 is 27.1 Å². The third kappa shape index (κ3) is 7.43. The molecular weight excluding hydrogens is 423 g/mol. The second kappa shape index (κ2) is 10.4. The lowest BCUT2D eigenvalue weighted by Crippen LogP contribution is -2.40. The molecule has 2 fully saturated rings. The molecule has 2 atom stereocenters. The fraction of sp³-hybridized carbons (Fsp3) is 0.545. The van der Waals surface area contributed by atoms with Crippen molar-refractivity contribution in [2.45, 2.75) is 57.9 Å². The Hall–Kier alpha value is -2.26. The number of rotatable bonds is 11. The minimum Gasteiger partial charge on any atom is -0.490 e. The third-order valence-corrected chi connectivity index (χ3v) is 6.75. The number of halogens is 1. The van der Waals surface area contributed by atoms with Gasteiger partial charge in [0.1, 0.15) is 0 Å². The van der Waals surface area contributed by atoms with E-state index >= 15 is 0 Å². The van der Waals surface area contributed by atoms with Gasteiger partial charge >= 0.3 is 0 Å². The number of allylic oxidation sites excluding steroid dienone is 1. The fourth-order valence-electron chi connectivity index (χ4n) is 3.44. The highest BCUT2D eigenvalue weighted by atomic mass is 32.2. The van der Waals surface area contributed by atoms with E-state index in [-0.39, 0.29) is 23.5 Å². The lowest BCUT2D eigenvalue weighted by atomic mass is 9.93. The lowest BCUT2D eigenvalue weighted by Gasteiger charge is -2.20. The molecule has 1 aromatic rings. The van der Waals surface area contributed by atoms with Gasteiger partial charge in [0, 0.05) is 23.8 Å². The number of imide groups is 1. The molecule has 0 radical (unpaired) electrons. The van der Waals surface area contributed by atoms with E-state index in [0.717, 1.165) is 18.2 Å². The van der Waals surface area contributed by atoms with E-state index < -0.39 is 21.9 Å². The minimum absolute atomic E-state index is 0.138. The Morgan fingerprint density at radius 1 is 1.29 bits per heavy atom. The van der Waals surface area contributed by atoms with E-state index in [4.69, 9.17) is 4.74 Å². The standard InChI is InChI=1S/C22H29FN2O5S/c1-15(18-8-10-19(23)20(13-18)30-14-16-6-7-16)25-31(28,29)12-4-2-3-5-17-9-11-21(26)24-22(17)27/h4,8,10,12-13,15-17,25H,2-3,5-7,9,11,14H2,1H3,(H,24,26,27)/b12-4+/t15-,17?/m1/s1. The Morgan fingerprint density at radius 3 is 2.77 bits per heavy atom. The predicted molar refractivity (Wildman–Crippen MR) is 114 cm³/mol. The highest BCUT2D eigenvalue weighted by molar-refractivity contribution is 7.92. The van der Waals surface area contributed by atoms with Crippen molar-refractivity contribution in [3.8, 4) is 5.75 Å². The molecule has 1 unspecified atom stereocenters. The molecule has 2 amide bonds. The monoisotopic (exact) mass is 452 g/mol. The molecule has 1 aliphatic carbocycles. The minimum atomic E-state index is -3.68. The Bertz CT molecular complexity index is 943. The molecule has 1 saturated carbocycles. The van der Waals surface area contributed by atoms with Crippen LogP contribution in [0.25, 0.3) is 0 Å². The Kier molecular flexibility index (Phi) is 7.83. The first kappa shape index (κ1) is 23.4. The van der Waals surface area contributed by atoms with Gasteiger partial charge in [-0.15, -0.1) is 0 Å². The van der Waals surface area contributed by atoms with E-state index in [0.29, 0.717) is 50.2 Å². The number of nitrogens with one attached hydrogen (secondary N) is 2. The van der Waals surface area contributed by atoms with Crippen LogP contribution in [-0.2, 0) is 19.6 Å². The SMILES string of the molecule is C[C@@H](NS(=O)(=O)/C=C/CCCC1CCC(=O)NC1=O)c1ccc(F)c(OCC2CC2)c1. The van der Waals surface area contributed by atoms with Crippen molar-refractivity contribution in [3.63, 3.8) is 0 Å². The second-order valence-corrected chi connectivity index (χ2v) is 9.88. The van der Waals surface area contributed by atoms with Crippen molar-refractivity contribution in [2.24, 2.45) is 11.8 Å². The zero-order valence-corrected chi connectivity index (χ0v) is 18.4. The van der Waals surface area contributed by atoms with E-state index in [1.807, 2.05) is 0 Å². The van der Waals surface area contributed by atoms with Gasteiger partial charge in [0.2, 0.25) is 21.8 Å². The van der Waals surface area contributed by atoms with Gasteiger partial charge in [-0.2, -0.15) is 0 Å². The molecule has 9 heteroatoms. The summed E-state index contributed by atoms with van der Waals surface area (Å²) in [6, 6.07) is 3.81. The number of unbranched alkanes of at least 4 members (excludes halogenated alkanes) is 1. The van der Waals surface area contributed by atoms with Crippen LogP contribution in [-0.4, -0.2) is 26.8 Å². The van der Waals surface area contributed by atoms with Gasteiger partial charge < -0.3 is 4.74 Å². The first-order valence-electron chi connectivity index (χ1n) is 10.7. The third-order valence-electron chi connectivity index (χ3n) is 5.52. The van der Waals surface area contributed by atoms with Gasteiger partial charge in [0.05, 0.1) is 6.61 Å². The molecule has 1 aliphatic heterocycles. The van der Waals surface area contributed by atoms with Crippen LogP contribution in [0, 0.1) is 17.7 Å². The predicted octanol–water partition coefficient (Wildman–Crippen LogP) is 3.33. The molecule has 7 nitrogen and oxygen atoms in total. The average molecular weight is 453 g/mol. The summed E-state index contributed by atoms with van der Waals surface area (Å²) in [5, 5.41) is 3.43. The first-order valence-corrected chi connectivity index (χ1v) is 12.2. The number of hydrogen-bond acceptors (Lipinski definition) is 5. The van der Waals surface area contributed by atoms with Gasteiger partial charge in [0.15, 0.2) is 11.6 Å². The number of piperidine rings is 1. The smallest absolute Gasteiger partial charge is 0.233 e. The van der Waals surface area contributed by atoms with Crippen LogP contribution in [0.4, 0.5) is 4.39 Å². The molecule has 2 aliphatic rings. The number of carbonyl (C=O) groups excluding carboxylic acids is 2. The number of benzene rings is 1. The summed E-state index contributed by atoms with van der Waals surface area (Å²) in [5.74, 6) is -0.525. The van der Waals surface area contributed by atoms with E-state index in [1.54, 1.807) is 13.0 Å². The summed E-state index contributed by atoms with van der Waals surface area (Å²) in [7, 11) is -3.68. The molecule has 0 bridgehead atoms. The molecule has 170 valence electrons. The summed E-state index contributed by atoms with van der Waals surface area (Å²) in [6.45, 7) is 2.16. The molecule has 31 heavy (non-hydrogen) atoms. The molecule has 0 spiro atoms. The highest BCUT2D eigenvalue weighted by Gasteiger charge is 2.26. The normalized spacial score (nSPS) is 20.6. The molecule has 1 saturated heterocycles. The largest absolute Gasteiger partial charge is 0.490 e. The van der Waals surface area contributed by atoms with Crippen molar-refractivity contribution in [1.82, 2.24) is 10.0 Å².